The van der Waals surface area contributed by atoms with Crippen LogP contribution in [0.1, 0.15) is 41.9 Å². The van der Waals surface area contributed by atoms with Crippen LogP contribution in [0.5, 0.6) is 0 Å². The Bertz CT molecular complexity index is 525. The predicted octanol–water partition coefficient (Wildman–Crippen LogP) is 3.72. The van der Waals surface area contributed by atoms with Gasteiger partial charge in [0.1, 0.15) is 0 Å². The van der Waals surface area contributed by atoms with E-state index in [1.54, 1.807) is 11.3 Å². The van der Waals surface area contributed by atoms with Gasteiger partial charge in [-0.05, 0) is 32.3 Å². The molecule has 0 fully saturated rings. The van der Waals surface area contributed by atoms with E-state index in [0.717, 1.165) is 34.8 Å². The molecule has 0 saturated carbocycles. The molecule has 3 heteroatoms. The fraction of sp³-hybridized carbons (Fsp3) is 0.438. The van der Waals surface area contributed by atoms with Crippen LogP contribution >= 0.6 is 11.3 Å². The zero-order chi connectivity index (χ0) is 13.9. The van der Waals surface area contributed by atoms with Crippen molar-refractivity contribution in [1.82, 2.24) is 4.98 Å². The summed E-state index contributed by atoms with van der Waals surface area (Å²) in [6.07, 6.45) is 2.82. The maximum absolute atomic E-state index is 10.2. The highest BCUT2D eigenvalue weighted by atomic mass is 32.1. The van der Waals surface area contributed by atoms with Crippen molar-refractivity contribution in [2.75, 3.05) is 0 Å². The summed E-state index contributed by atoms with van der Waals surface area (Å²) in [6.45, 7) is 5.76. The van der Waals surface area contributed by atoms with E-state index in [2.05, 4.69) is 36.2 Å². The molecule has 0 saturated heterocycles. The first-order valence-electron chi connectivity index (χ1n) is 6.76. The molecule has 0 spiro atoms. The summed E-state index contributed by atoms with van der Waals surface area (Å²) in [5.74, 6) is 0. The molecule has 1 aromatic heterocycles. The van der Waals surface area contributed by atoms with E-state index in [-0.39, 0.29) is 0 Å². The highest BCUT2D eigenvalue weighted by Gasteiger charge is 2.23. The van der Waals surface area contributed by atoms with Crippen LogP contribution in [0, 0.1) is 0 Å². The molecule has 0 radical (unpaired) electrons. The molecule has 2 aromatic rings. The van der Waals surface area contributed by atoms with E-state index in [9.17, 15) is 5.11 Å². The Labute approximate surface area is 119 Å². The third kappa shape index (κ3) is 3.64. The Balaban J connectivity index is 2.12. The maximum atomic E-state index is 10.2. The molecular formula is C16H21NOS. The first-order valence-corrected chi connectivity index (χ1v) is 7.57. The van der Waals surface area contributed by atoms with Crippen molar-refractivity contribution in [3.8, 4) is 0 Å². The average Bonchev–Trinajstić information content (AvgIpc) is 2.81. The topological polar surface area (TPSA) is 33.1 Å². The van der Waals surface area contributed by atoms with Crippen molar-refractivity contribution in [1.29, 1.82) is 0 Å². The van der Waals surface area contributed by atoms with Gasteiger partial charge in [0.25, 0.3) is 0 Å². The Morgan fingerprint density at radius 2 is 1.84 bits per heavy atom. The molecule has 19 heavy (non-hydrogen) atoms. The summed E-state index contributed by atoms with van der Waals surface area (Å²) < 4.78 is 0. The molecule has 0 aliphatic rings. The van der Waals surface area contributed by atoms with Gasteiger partial charge >= 0.3 is 0 Å². The summed E-state index contributed by atoms with van der Waals surface area (Å²) in [5, 5.41) is 11.3. The lowest BCUT2D eigenvalue weighted by atomic mass is 10.1. The van der Waals surface area contributed by atoms with Crippen LogP contribution in [0.15, 0.2) is 30.3 Å². The summed E-state index contributed by atoms with van der Waals surface area (Å²) in [4.78, 5) is 5.68. The lowest BCUT2D eigenvalue weighted by Gasteiger charge is -2.15. The minimum Gasteiger partial charge on any atom is -0.385 e. The summed E-state index contributed by atoms with van der Waals surface area (Å²) in [7, 11) is 0. The lowest BCUT2D eigenvalue weighted by Crippen LogP contribution is -2.15. The van der Waals surface area contributed by atoms with Gasteiger partial charge in [-0.2, -0.15) is 0 Å². The molecule has 2 nitrogen and oxygen atoms in total. The summed E-state index contributed by atoms with van der Waals surface area (Å²) in [5.41, 5.74) is 1.59. The number of rotatable bonds is 5. The molecule has 2 rings (SSSR count). The molecule has 0 amide bonds. The van der Waals surface area contributed by atoms with Gasteiger partial charge in [0.15, 0.2) is 0 Å². The number of nitrogens with zero attached hydrogens (tertiary/aromatic N) is 1. The second-order valence-electron chi connectivity index (χ2n) is 5.28. The van der Waals surface area contributed by atoms with Crippen molar-refractivity contribution in [3.05, 3.63) is 51.5 Å². The highest BCUT2D eigenvalue weighted by molar-refractivity contribution is 7.11. The van der Waals surface area contributed by atoms with Gasteiger partial charge in [0.2, 0.25) is 0 Å². The quantitative estimate of drug-likeness (QED) is 0.902. The van der Waals surface area contributed by atoms with Gasteiger partial charge in [-0.25, -0.2) is 4.98 Å². The molecular weight excluding hydrogens is 254 g/mol. The normalized spacial score (nSPS) is 11.8. The van der Waals surface area contributed by atoms with Gasteiger partial charge in [-0.1, -0.05) is 37.3 Å². The largest absolute Gasteiger partial charge is 0.385 e. The summed E-state index contributed by atoms with van der Waals surface area (Å²) in [6, 6.07) is 10.5. The molecule has 0 bridgehead atoms. The van der Waals surface area contributed by atoms with Crippen LogP contribution in [-0.2, 0) is 24.9 Å². The van der Waals surface area contributed by atoms with Crippen LogP contribution in [-0.4, -0.2) is 10.1 Å². The highest BCUT2D eigenvalue weighted by Crippen LogP contribution is 2.30. The van der Waals surface area contributed by atoms with Crippen molar-refractivity contribution < 1.29 is 5.11 Å². The van der Waals surface area contributed by atoms with Crippen LogP contribution in [0.4, 0.5) is 0 Å². The SMILES string of the molecule is CCc1nc(CCc2ccccc2)sc1C(C)(C)O. The zero-order valence-electron chi connectivity index (χ0n) is 11.8. The van der Waals surface area contributed by atoms with Gasteiger partial charge in [0, 0.05) is 6.42 Å². The number of hydrogen-bond acceptors (Lipinski definition) is 3. The first-order chi connectivity index (χ1) is 9.00. The number of aromatic nitrogens is 1. The average molecular weight is 275 g/mol. The van der Waals surface area contributed by atoms with E-state index < -0.39 is 5.60 Å². The van der Waals surface area contributed by atoms with Crippen LogP contribution in [0.25, 0.3) is 0 Å². The molecule has 1 aromatic carbocycles. The molecule has 0 aliphatic carbocycles. The number of benzene rings is 1. The van der Waals surface area contributed by atoms with Crippen LogP contribution in [0.3, 0.4) is 0 Å². The minimum atomic E-state index is -0.784. The first kappa shape index (κ1) is 14.2. The number of aliphatic hydroxyl groups is 1. The Kier molecular flexibility index (Phi) is 4.38. The molecule has 0 unspecified atom stereocenters. The summed E-state index contributed by atoms with van der Waals surface area (Å²) >= 11 is 1.65. The number of hydrogen-bond donors (Lipinski definition) is 1. The second-order valence-corrected chi connectivity index (χ2v) is 6.37. The standard InChI is InChI=1S/C16H21NOS/c1-4-13-15(16(2,3)18)19-14(17-13)11-10-12-8-6-5-7-9-12/h5-9,18H,4,10-11H2,1-3H3. The second kappa shape index (κ2) is 5.85. The fourth-order valence-electron chi connectivity index (χ4n) is 2.12. The number of aryl methyl sites for hydroxylation is 3. The fourth-order valence-corrected chi connectivity index (χ4v) is 3.27. The smallest absolute Gasteiger partial charge is 0.0950 e. The van der Waals surface area contributed by atoms with Crippen LogP contribution < -0.4 is 0 Å². The number of thiazole rings is 1. The van der Waals surface area contributed by atoms with Crippen molar-refractivity contribution >= 4 is 11.3 Å². The molecule has 102 valence electrons. The van der Waals surface area contributed by atoms with Crippen molar-refractivity contribution in [3.63, 3.8) is 0 Å². The van der Waals surface area contributed by atoms with Crippen molar-refractivity contribution in [2.24, 2.45) is 0 Å². The van der Waals surface area contributed by atoms with Gasteiger partial charge in [0.05, 0.1) is 21.2 Å². The van der Waals surface area contributed by atoms with Crippen molar-refractivity contribution in [2.45, 2.75) is 45.6 Å². The molecule has 1 N–H and O–H groups in total. The molecule has 0 atom stereocenters. The van der Waals surface area contributed by atoms with Crippen LogP contribution in [0.2, 0.25) is 0 Å². The van der Waals surface area contributed by atoms with E-state index in [1.165, 1.54) is 5.56 Å². The van der Waals surface area contributed by atoms with Gasteiger partial charge < -0.3 is 5.11 Å². The zero-order valence-corrected chi connectivity index (χ0v) is 12.6. The van der Waals surface area contributed by atoms with Gasteiger partial charge in [-0.15, -0.1) is 11.3 Å². The van der Waals surface area contributed by atoms with E-state index >= 15 is 0 Å². The monoisotopic (exact) mass is 275 g/mol. The Morgan fingerprint density at radius 3 is 2.37 bits per heavy atom. The Hall–Kier alpha value is -1.19. The third-order valence-corrected chi connectivity index (χ3v) is 4.57. The lowest BCUT2D eigenvalue weighted by molar-refractivity contribution is 0.0814. The maximum Gasteiger partial charge on any atom is 0.0950 e. The van der Waals surface area contributed by atoms with E-state index in [4.69, 9.17) is 0 Å². The molecule has 0 aliphatic heterocycles. The van der Waals surface area contributed by atoms with E-state index in [1.807, 2.05) is 19.9 Å². The molecule has 1 heterocycles. The predicted molar refractivity (Wildman–Crippen MR) is 80.6 cm³/mol. The van der Waals surface area contributed by atoms with E-state index in [0.29, 0.717) is 0 Å². The Morgan fingerprint density at radius 1 is 1.16 bits per heavy atom. The van der Waals surface area contributed by atoms with Gasteiger partial charge in [-0.3, -0.25) is 0 Å². The third-order valence-electron chi connectivity index (χ3n) is 3.10. The minimum absolute atomic E-state index is 0.784.